The fourth-order valence-corrected chi connectivity index (χ4v) is 6.55. The summed E-state index contributed by atoms with van der Waals surface area (Å²) in [7, 11) is -2.77. The third-order valence-corrected chi connectivity index (χ3v) is 9.73. The van der Waals surface area contributed by atoms with E-state index in [2.05, 4.69) is 5.32 Å². The van der Waals surface area contributed by atoms with Crippen molar-refractivity contribution in [3.8, 4) is 5.75 Å². The number of sulfonamides is 1. The Morgan fingerprint density at radius 1 is 0.826 bits per heavy atom. The van der Waals surface area contributed by atoms with Gasteiger partial charge in [-0.1, -0.05) is 91.3 Å². The largest absolute Gasteiger partial charge is 0.495 e. The first-order valence-electron chi connectivity index (χ1n) is 15.4. The smallest absolute Gasteiger partial charge is 0.264 e. The molecular formula is C37H43N3O5S. The normalized spacial score (nSPS) is 12.5. The van der Waals surface area contributed by atoms with Crippen molar-refractivity contribution < 1.29 is 22.7 Å². The number of methoxy groups -OCH3 is 1. The second-order valence-corrected chi connectivity index (χ2v) is 13.4. The summed E-state index contributed by atoms with van der Waals surface area (Å²) in [4.78, 5) is 30.2. The highest BCUT2D eigenvalue weighted by atomic mass is 32.2. The van der Waals surface area contributed by atoms with Crippen molar-refractivity contribution in [1.29, 1.82) is 0 Å². The summed E-state index contributed by atoms with van der Waals surface area (Å²) < 4.78 is 35.2. The Kier molecular flexibility index (Phi) is 11.6. The standard InChI is InChI=1S/C37H43N3O5S/c1-6-29(4)38-37(42)34(24-30-13-9-7-10-14-30)39(25-31-20-17-27(2)18-21-31)36(41)26-40(33-23-28(3)19-22-35(33)45-5)46(43,44)32-15-11-8-12-16-32/h7-23,29,34H,6,24-26H2,1-5H3,(H,38,42)/t29-,34-/m0/s1. The summed E-state index contributed by atoms with van der Waals surface area (Å²) in [6.07, 6.45) is 0.964. The maximum Gasteiger partial charge on any atom is 0.264 e. The van der Waals surface area contributed by atoms with Crippen LogP contribution in [0.4, 0.5) is 5.69 Å². The molecule has 8 nitrogen and oxygen atoms in total. The van der Waals surface area contributed by atoms with Gasteiger partial charge in [0.1, 0.15) is 18.3 Å². The van der Waals surface area contributed by atoms with Crippen LogP contribution < -0.4 is 14.4 Å². The molecule has 0 spiro atoms. The molecule has 46 heavy (non-hydrogen) atoms. The van der Waals surface area contributed by atoms with Crippen LogP contribution in [0.5, 0.6) is 5.75 Å². The Bertz CT molecular complexity index is 1710. The zero-order valence-electron chi connectivity index (χ0n) is 27.1. The third-order valence-electron chi connectivity index (χ3n) is 7.96. The van der Waals surface area contributed by atoms with Crippen LogP contribution in [-0.4, -0.2) is 50.9 Å². The molecular weight excluding hydrogens is 598 g/mol. The van der Waals surface area contributed by atoms with Crippen LogP contribution in [0, 0.1) is 13.8 Å². The van der Waals surface area contributed by atoms with E-state index in [1.54, 1.807) is 30.3 Å². The first-order valence-corrected chi connectivity index (χ1v) is 16.9. The number of benzene rings is 4. The molecule has 0 unspecified atom stereocenters. The van der Waals surface area contributed by atoms with Crippen LogP contribution in [0.25, 0.3) is 0 Å². The molecule has 0 aliphatic heterocycles. The highest BCUT2D eigenvalue weighted by molar-refractivity contribution is 7.92. The molecule has 0 saturated heterocycles. The fourth-order valence-electron chi connectivity index (χ4n) is 5.11. The maximum atomic E-state index is 14.7. The summed E-state index contributed by atoms with van der Waals surface area (Å²) in [6, 6.07) is 29.4. The number of carbonyl (C=O) groups excluding carboxylic acids is 2. The molecule has 0 aromatic heterocycles. The fraction of sp³-hybridized carbons (Fsp3) is 0.297. The Labute approximate surface area is 273 Å². The van der Waals surface area contributed by atoms with Crippen molar-refractivity contribution in [2.75, 3.05) is 18.0 Å². The summed E-state index contributed by atoms with van der Waals surface area (Å²) in [5.41, 5.74) is 3.78. The lowest BCUT2D eigenvalue weighted by molar-refractivity contribution is -0.140. The zero-order chi connectivity index (χ0) is 33.3. The van der Waals surface area contributed by atoms with Crippen molar-refractivity contribution in [2.24, 2.45) is 0 Å². The number of rotatable bonds is 14. The highest BCUT2D eigenvalue weighted by Gasteiger charge is 2.35. The Balaban J connectivity index is 1.84. The van der Waals surface area contributed by atoms with Gasteiger partial charge in [0.15, 0.2) is 0 Å². The second-order valence-electron chi connectivity index (χ2n) is 11.5. The molecule has 0 heterocycles. The third kappa shape index (κ3) is 8.54. The molecule has 2 amide bonds. The van der Waals surface area contributed by atoms with Crippen LogP contribution in [-0.2, 0) is 32.6 Å². The Hall–Kier alpha value is -4.63. The highest BCUT2D eigenvalue weighted by Crippen LogP contribution is 2.34. The molecule has 0 radical (unpaired) electrons. The average Bonchev–Trinajstić information content (AvgIpc) is 3.06. The molecule has 9 heteroatoms. The predicted molar refractivity (Wildman–Crippen MR) is 182 cm³/mol. The van der Waals surface area contributed by atoms with E-state index in [9.17, 15) is 18.0 Å². The molecule has 0 aliphatic rings. The molecule has 0 bridgehead atoms. The van der Waals surface area contributed by atoms with Gasteiger partial charge in [0.05, 0.1) is 17.7 Å². The van der Waals surface area contributed by atoms with Gasteiger partial charge in [-0.05, 0) is 68.1 Å². The van der Waals surface area contributed by atoms with E-state index in [1.807, 2.05) is 88.4 Å². The van der Waals surface area contributed by atoms with Crippen LogP contribution in [0.1, 0.15) is 42.5 Å². The van der Waals surface area contributed by atoms with Crippen molar-refractivity contribution in [3.05, 3.63) is 125 Å². The quantitative estimate of drug-likeness (QED) is 0.181. The van der Waals surface area contributed by atoms with Gasteiger partial charge in [0.25, 0.3) is 10.0 Å². The number of hydrogen-bond donors (Lipinski definition) is 1. The molecule has 4 rings (SSSR count). The molecule has 4 aromatic carbocycles. The van der Waals surface area contributed by atoms with Crippen molar-refractivity contribution in [3.63, 3.8) is 0 Å². The monoisotopic (exact) mass is 641 g/mol. The van der Waals surface area contributed by atoms with E-state index in [1.165, 1.54) is 24.1 Å². The number of nitrogens with zero attached hydrogens (tertiary/aromatic N) is 2. The summed E-state index contributed by atoms with van der Waals surface area (Å²) in [6.45, 7) is 7.28. The van der Waals surface area contributed by atoms with Crippen LogP contribution in [0.3, 0.4) is 0 Å². The Morgan fingerprint density at radius 2 is 1.43 bits per heavy atom. The van der Waals surface area contributed by atoms with E-state index < -0.39 is 28.5 Å². The van der Waals surface area contributed by atoms with Gasteiger partial charge in [-0.15, -0.1) is 0 Å². The van der Waals surface area contributed by atoms with E-state index >= 15 is 0 Å². The number of nitrogens with one attached hydrogen (secondary N) is 1. The van der Waals surface area contributed by atoms with Crippen molar-refractivity contribution in [2.45, 2.75) is 64.1 Å². The average molecular weight is 642 g/mol. The second kappa shape index (κ2) is 15.6. The van der Waals surface area contributed by atoms with Gasteiger partial charge in [-0.3, -0.25) is 13.9 Å². The van der Waals surface area contributed by atoms with Gasteiger partial charge < -0.3 is 15.0 Å². The van der Waals surface area contributed by atoms with E-state index in [4.69, 9.17) is 4.74 Å². The van der Waals surface area contributed by atoms with Crippen molar-refractivity contribution in [1.82, 2.24) is 10.2 Å². The van der Waals surface area contributed by atoms with Crippen LogP contribution >= 0.6 is 0 Å². The van der Waals surface area contributed by atoms with Crippen LogP contribution in [0.2, 0.25) is 0 Å². The Morgan fingerprint density at radius 3 is 2.04 bits per heavy atom. The van der Waals surface area contributed by atoms with Crippen molar-refractivity contribution >= 4 is 27.5 Å². The summed E-state index contributed by atoms with van der Waals surface area (Å²) in [5.74, 6) is -0.522. The molecule has 0 saturated carbocycles. The molecule has 0 aliphatic carbocycles. The molecule has 242 valence electrons. The number of aryl methyl sites for hydroxylation is 2. The number of amides is 2. The number of hydrogen-bond acceptors (Lipinski definition) is 5. The number of carbonyl (C=O) groups is 2. The van der Waals surface area contributed by atoms with Crippen LogP contribution in [0.15, 0.2) is 108 Å². The van der Waals surface area contributed by atoms with E-state index in [0.717, 1.165) is 26.6 Å². The predicted octanol–water partition coefficient (Wildman–Crippen LogP) is 6.06. The molecule has 0 fully saturated rings. The van der Waals surface area contributed by atoms with Gasteiger partial charge in [-0.2, -0.15) is 0 Å². The topological polar surface area (TPSA) is 96.0 Å². The maximum absolute atomic E-state index is 14.7. The van der Waals surface area contributed by atoms with E-state index in [-0.39, 0.29) is 35.5 Å². The lowest BCUT2D eigenvalue weighted by Crippen LogP contribution is -2.54. The van der Waals surface area contributed by atoms with E-state index in [0.29, 0.717) is 12.2 Å². The lowest BCUT2D eigenvalue weighted by Gasteiger charge is -2.34. The van der Waals surface area contributed by atoms with Gasteiger partial charge in [0.2, 0.25) is 11.8 Å². The van der Waals surface area contributed by atoms with Gasteiger partial charge >= 0.3 is 0 Å². The summed E-state index contributed by atoms with van der Waals surface area (Å²) in [5, 5.41) is 3.06. The molecule has 2 atom stereocenters. The minimum Gasteiger partial charge on any atom is -0.495 e. The first kappa shape index (κ1) is 34.2. The first-order chi connectivity index (χ1) is 22.0. The molecule has 4 aromatic rings. The zero-order valence-corrected chi connectivity index (χ0v) is 28.0. The van der Waals surface area contributed by atoms with Gasteiger partial charge in [-0.25, -0.2) is 8.42 Å². The van der Waals surface area contributed by atoms with Gasteiger partial charge in [0, 0.05) is 19.0 Å². The lowest BCUT2D eigenvalue weighted by atomic mass is 10.0. The summed E-state index contributed by atoms with van der Waals surface area (Å²) >= 11 is 0. The number of ether oxygens (including phenoxy) is 1. The minimum absolute atomic E-state index is 0.0341. The molecule has 1 N–H and O–H groups in total. The minimum atomic E-state index is -4.23. The SMILES string of the molecule is CC[C@H](C)NC(=O)[C@H](Cc1ccccc1)N(Cc1ccc(C)cc1)C(=O)CN(c1cc(C)ccc1OC)S(=O)(=O)c1ccccc1. The number of anilines is 1.